The highest BCUT2D eigenvalue weighted by atomic mass is 35.5. The van der Waals surface area contributed by atoms with E-state index >= 15 is 0 Å². The van der Waals surface area contributed by atoms with Crippen LogP contribution >= 0.6 is 23.2 Å². The van der Waals surface area contributed by atoms with E-state index in [9.17, 15) is 0 Å². The predicted octanol–water partition coefficient (Wildman–Crippen LogP) is 2.42. The van der Waals surface area contributed by atoms with Crippen molar-refractivity contribution >= 4 is 23.2 Å². The standard InChI is InChI=1S/C8H8Cl2N2/c9-5-3-6(7-1-2-11-7)8(10)12-4-5/h3-4,7,11H,1-2H2/t7-/m1/s1. The van der Waals surface area contributed by atoms with Crippen LogP contribution in [-0.4, -0.2) is 11.5 Å². The molecule has 1 saturated heterocycles. The summed E-state index contributed by atoms with van der Waals surface area (Å²) in [6.07, 6.45) is 2.67. The largest absolute Gasteiger partial charge is 0.310 e. The Morgan fingerprint density at radius 2 is 2.25 bits per heavy atom. The van der Waals surface area contributed by atoms with Crippen molar-refractivity contribution in [1.29, 1.82) is 0 Å². The van der Waals surface area contributed by atoms with Gasteiger partial charge in [0.15, 0.2) is 0 Å². The molecule has 12 heavy (non-hydrogen) atoms. The number of hydrogen-bond donors (Lipinski definition) is 1. The molecule has 0 bridgehead atoms. The second-order valence-corrected chi connectivity index (χ2v) is 3.62. The number of hydrogen-bond acceptors (Lipinski definition) is 2. The van der Waals surface area contributed by atoms with Crippen molar-refractivity contribution < 1.29 is 0 Å². The summed E-state index contributed by atoms with van der Waals surface area (Å²) in [5, 5.41) is 4.44. The Hall–Kier alpha value is -0.310. The topological polar surface area (TPSA) is 24.9 Å². The fourth-order valence-electron chi connectivity index (χ4n) is 1.24. The van der Waals surface area contributed by atoms with E-state index in [2.05, 4.69) is 10.3 Å². The maximum absolute atomic E-state index is 5.89. The first-order chi connectivity index (χ1) is 5.77. The van der Waals surface area contributed by atoms with Crippen LogP contribution in [0.1, 0.15) is 18.0 Å². The smallest absolute Gasteiger partial charge is 0.133 e. The molecule has 2 rings (SSSR count). The van der Waals surface area contributed by atoms with Gasteiger partial charge < -0.3 is 5.32 Å². The first-order valence-electron chi connectivity index (χ1n) is 3.81. The molecule has 1 aromatic rings. The Kier molecular flexibility index (Phi) is 2.22. The first-order valence-corrected chi connectivity index (χ1v) is 4.57. The SMILES string of the molecule is Clc1cnc(Cl)c([C@H]2CCN2)c1. The molecule has 0 radical (unpaired) electrons. The van der Waals surface area contributed by atoms with E-state index in [1.165, 1.54) is 0 Å². The van der Waals surface area contributed by atoms with Gasteiger partial charge >= 0.3 is 0 Å². The molecule has 0 unspecified atom stereocenters. The molecule has 2 heterocycles. The van der Waals surface area contributed by atoms with Crippen molar-refractivity contribution in [1.82, 2.24) is 10.3 Å². The number of nitrogens with one attached hydrogen (secondary N) is 1. The highest BCUT2D eigenvalue weighted by Gasteiger charge is 2.21. The lowest BCUT2D eigenvalue weighted by molar-refractivity contribution is 0.382. The quantitative estimate of drug-likeness (QED) is 0.709. The van der Waals surface area contributed by atoms with Crippen LogP contribution in [0.25, 0.3) is 0 Å². The van der Waals surface area contributed by atoms with Crippen LogP contribution < -0.4 is 5.32 Å². The summed E-state index contributed by atoms with van der Waals surface area (Å²) in [6.45, 7) is 1.05. The van der Waals surface area contributed by atoms with E-state index in [4.69, 9.17) is 23.2 Å². The van der Waals surface area contributed by atoms with Crippen LogP contribution in [-0.2, 0) is 0 Å². The van der Waals surface area contributed by atoms with E-state index in [1.54, 1.807) is 6.20 Å². The van der Waals surface area contributed by atoms with E-state index in [1.807, 2.05) is 6.07 Å². The highest BCUT2D eigenvalue weighted by molar-refractivity contribution is 6.32. The minimum atomic E-state index is 0.351. The van der Waals surface area contributed by atoms with Gasteiger partial charge in [0.1, 0.15) is 5.15 Å². The molecule has 0 spiro atoms. The van der Waals surface area contributed by atoms with Crippen LogP contribution in [0, 0.1) is 0 Å². The Bertz CT molecular complexity index is 297. The van der Waals surface area contributed by atoms with E-state index in [0.29, 0.717) is 16.2 Å². The van der Waals surface area contributed by atoms with Gasteiger partial charge in [-0.2, -0.15) is 0 Å². The molecule has 1 aliphatic rings. The summed E-state index contributed by atoms with van der Waals surface area (Å²) >= 11 is 11.7. The maximum atomic E-state index is 5.89. The molecule has 1 aliphatic heterocycles. The number of halogens is 2. The van der Waals surface area contributed by atoms with Gasteiger partial charge in [0.25, 0.3) is 0 Å². The molecule has 1 atom stereocenters. The van der Waals surface area contributed by atoms with Gasteiger partial charge in [0.05, 0.1) is 5.02 Å². The second kappa shape index (κ2) is 3.21. The van der Waals surface area contributed by atoms with Gasteiger partial charge in [-0.15, -0.1) is 0 Å². The van der Waals surface area contributed by atoms with Gasteiger partial charge in [0.2, 0.25) is 0 Å². The lowest BCUT2D eigenvalue weighted by atomic mass is 10.00. The molecule has 0 saturated carbocycles. The molecular formula is C8H8Cl2N2. The normalized spacial score (nSPS) is 22.0. The molecule has 1 fully saturated rings. The van der Waals surface area contributed by atoms with Crippen LogP contribution in [0.15, 0.2) is 12.3 Å². The Morgan fingerprint density at radius 3 is 2.83 bits per heavy atom. The Morgan fingerprint density at radius 1 is 1.50 bits per heavy atom. The number of nitrogens with zero attached hydrogens (tertiary/aromatic N) is 1. The molecule has 1 aromatic heterocycles. The summed E-state index contributed by atoms with van der Waals surface area (Å²) in [7, 11) is 0. The molecule has 64 valence electrons. The summed E-state index contributed by atoms with van der Waals surface area (Å²) in [5.74, 6) is 0. The fourth-order valence-corrected chi connectivity index (χ4v) is 1.64. The summed E-state index contributed by atoms with van der Waals surface area (Å²) in [5.41, 5.74) is 1.01. The third-order valence-electron chi connectivity index (χ3n) is 2.03. The van der Waals surface area contributed by atoms with Crippen LogP contribution in [0.3, 0.4) is 0 Å². The molecular weight excluding hydrogens is 195 g/mol. The van der Waals surface area contributed by atoms with Crippen molar-refractivity contribution in [2.75, 3.05) is 6.54 Å². The monoisotopic (exact) mass is 202 g/mol. The van der Waals surface area contributed by atoms with Crippen LogP contribution in [0.5, 0.6) is 0 Å². The molecule has 1 N–H and O–H groups in total. The predicted molar refractivity (Wildman–Crippen MR) is 49.6 cm³/mol. The third-order valence-corrected chi connectivity index (χ3v) is 2.55. The van der Waals surface area contributed by atoms with E-state index in [0.717, 1.165) is 18.5 Å². The minimum absolute atomic E-state index is 0.351. The van der Waals surface area contributed by atoms with Crippen molar-refractivity contribution in [3.63, 3.8) is 0 Å². The van der Waals surface area contributed by atoms with Crippen molar-refractivity contribution in [2.24, 2.45) is 0 Å². The molecule has 0 aromatic carbocycles. The zero-order valence-electron chi connectivity index (χ0n) is 6.35. The second-order valence-electron chi connectivity index (χ2n) is 2.83. The molecule has 0 aliphatic carbocycles. The Labute approximate surface area is 80.9 Å². The van der Waals surface area contributed by atoms with Crippen molar-refractivity contribution in [3.8, 4) is 0 Å². The lowest BCUT2D eigenvalue weighted by Gasteiger charge is -2.28. The number of pyridine rings is 1. The third kappa shape index (κ3) is 1.42. The van der Waals surface area contributed by atoms with Gasteiger partial charge in [-0.3, -0.25) is 0 Å². The van der Waals surface area contributed by atoms with E-state index < -0.39 is 0 Å². The average Bonchev–Trinajstić information content (AvgIpc) is 1.93. The minimum Gasteiger partial charge on any atom is -0.310 e. The van der Waals surface area contributed by atoms with Gasteiger partial charge in [0, 0.05) is 17.8 Å². The highest BCUT2D eigenvalue weighted by Crippen LogP contribution is 2.29. The molecule has 2 nitrogen and oxygen atoms in total. The van der Waals surface area contributed by atoms with Crippen molar-refractivity contribution in [2.45, 2.75) is 12.5 Å². The van der Waals surface area contributed by atoms with Crippen LogP contribution in [0.2, 0.25) is 10.2 Å². The summed E-state index contributed by atoms with van der Waals surface area (Å²) in [4.78, 5) is 3.98. The van der Waals surface area contributed by atoms with Gasteiger partial charge in [-0.1, -0.05) is 23.2 Å². The van der Waals surface area contributed by atoms with Gasteiger partial charge in [-0.25, -0.2) is 4.98 Å². The Balaban J connectivity index is 2.34. The molecule has 0 amide bonds. The lowest BCUT2D eigenvalue weighted by Crippen LogP contribution is -2.35. The number of aromatic nitrogens is 1. The maximum Gasteiger partial charge on any atom is 0.133 e. The first kappa shape index (κ1) is 8.30. The zero-order valence-corrected chi connectivity index (χ0v) is 7.86. The average molecular weight is 203 g/mol. The molecule has 4 heteroatoms. The number of rotatable bonds is 1. The van der Waals surface area contributed by atoms with E-state index in [-0.39, 0.29) is 0 Å². The zero-order chi connectivity index (χ0) is 8.55. The van der Waals surface area contributed by atoms with Crippen molar-refractivity contribution in [3.05, 3.63) is 28.0 Å². The summed E-state index contributed by atoms with van der Waals surface area (Å²) < 4.78 is 0. The van der Waals surface area contributed by atoms with Crippen LogP contribution in [0.4, 0.5) is 0 Å². The van der Waals surface area contributed by atoms with Gasteiger partial charge in [-0.05, 0) is 19.0 Å². The summed E-state index contributed by atoms with van der Waals surface area (Å²) in [6, 6.07) is 2.22. The fraction of sp³-hybridized carbons (Fsp3) is 0.375.